The molecule has 2 heterocycles. The van der Waals surface area contributed by atoms with Crippen LogP contribution in [0, 0.1) is 0 Å². The van der Waals surface area contributed by atoms with Crippen LogP contribution in [-0.4, -0.2) is 33.5 Å². The summed E-state index contributed by atoms with van der Waals surface area (Å²) in [6.07, 6.45) is 0. The summed E-state index contributed by atoms with van der Waals surface area (Å²) >= 11 is 6.41. The second kappa shape index (κ2) is 8.64. The summed E-state index contributed by atoms with van der Waals surface area (Å²) in [4.78, 5) is 22.9. The molecule has 1 aliphatic rings. The average Bonchev–Trinajstić information content (AvgIpc) is 3.42. The molecule has 1 aromatic heterocycles. The van der Waals surface area contributed by atoms with Crippen LogP contribution < -0.4 is 14.2 Å². The zero-order chi connectivity index (χ0) is 23.8. The highest BCUT2D eigenvalue weighted by Crippen LogP contribution is 2.37. The predicted octanol–water partition coefficient (Wildman–Crippen LogP) is 5.05. The first-order chi connectivity index (χ1) is 16.4. The summed E-state index contributed by atoms with van der Waals surface area (Å²) in [5, 5.41) is 19.9. The van der Waals surface area contributed by atoms with Crippen molar-refractivity contribution in [2.24, 2.45) is 0 Å². The molecule has 172 valence electrons. The molecular formula is C25H18ClNO7. The van der Waals surface area contributed by atoms with E-state index in [1.54, 1.807) is 53.1 Å². The van der Waals surface area contributed by atoms with Gasteiger partial charge in [-0.25, -0.2) is 9.59 Å². The third-order valence-corrected chi connectivity index (χ3v) is 5.92. The van der Waals surface area contributed by atoms with Crippen molar-refractivity contribution >= 4 is 34.4 Å². The number of carboxylic acids is 2. The van der Waals surface area contributed by atoms with Gasteiger partial charge in [-0.1, -0.05) is 23.7 Å². The van der Waals surface area contributed by atoms with Gasteiger partial charge in [-0.2, -0.15) is 0 Å². The van der Waals surface area contributed by atoms with Crippen molar-refractivity contribution in [3.05, 3.63) is 88.1 Å². The Balaban J connectivity index is 1.41. The zero-order valence-corrected chi connectivity index (χ0v) is 18.4. The van der Waals surface area contributed by atoms with E-state index in [0.29, 0.717) is 38.7 Å². The summed E-state index contributed by atoms with van der Waals surface area (Å²) in [6, 6.07) is 16.8. The Morgan fingerprint density at radius 1 is 0.941 bits per heavy atom. The molecule has 1 aliphatic heterocycles. The van der Waals surface area contributed by atoms with Crippen molar-refractivity contribution in [2.75, 3.05) is 6.79 Å². The molecule has 0 aliphatic carbocycles. The number of hydrogen-bond donors (Lipinski definition) is 2. The van der Waals surface area contributed by atoms with Crippen LogP contribution in [0.15, 0.2) is 60.7 Å². The summed E-state index contributed by atoms with van der Waals surface area (Å²) in [5.41, 5.74) is 2.55. The van der Waals surface area contributed by atoms with Crippen LogP contribution >= 0.6 is 11.6 Å². The smallest absolute Gasteiger partial charge is 0.352 e. The Hall–Kier alpha value is -4.17. The first-order valence-corrected chi connectivity index (χ1v) is 10.7. The van der Waals surface area contributed by atoms with Gasteiger partial charge in [0.1, 0.15) is 18.1 Å². The number of hydrogen-bond acceptors (Lipinski definition) is 5. The molecule has 0 bridgehead atoms. The monoisotopic (exact) mass is 479 g/mol. The number of aromatic nitrogens is 1. The quantitative estimate of drug-likeness (QED) is 0.382. The van der Waals surface area contributed by atoms with E-state index in [1.807, 2.05) is 0 Å². The van der Waals surface area contributed by atoms with E-state index in [4.69, 9.17) is 30.9 Å². The molecule has 9 heteroatoms. The molecule has 0 spiro atoms. The van der Waals surface area contributed by atoms with Gasteiger partial charge in [-0.3, -0.25) is 0 Å². The fourth-order valence-corrected chi connectivity index (χ4v) is 4.06. The minimum Gasteiger partial charge on any atom is -0.489 e. The number of ether oxygens (including phenoxy) is 3. The second-order valence-corrected chi connectivity index (χ2v) is 8.14. The Morgan fingerprint density at radius 2 is 1.68 bits per heavy atom. The van der Waals surface area contributed by atoms with Crippen molar-refractivity contribution in [1.82, 2.24) is 4.57 Å². The van der Waals surface area contributed by atoms with Gasteiger partial charge in [0.2, 0.25) is 6.79 Å². The maximum atomic E-state index is 12.0. The molecule has 0 radical (unpaired) electrons. The number of benzene rings is 3. The number of fused-ring (bicyclic) bond motifs is 2. The maximum absolute atomic E-state index is 12.0. The predicted molar refractivity (Wildman–Crippen MR) is 123 cm³/mol. The van der Waals surface area contributed by atoms with Gasteiger partial charge in [0.05, 0.1) is 12.1 Å². The maximum Gasteiger partial charge on any atom is 0.352 e. The van der Waals surface area contributed by atoms with E-state index in [1.165, 1.54) is 12.1 Å². The Kier molecular flexibility index (Phi) is 5.51. The summed E-state index contributed by atoms with van der Waals surface area (Å²) < 4.78 is 18.3. The number of nitrogens with zero attached hydrogens (tertiary/aromatic N) is 1. The largest absolute Gasteiger partial charge is 0.489 e. The number of aromatic carboxylic acids is 2. The van der Waals surface area contributed by atoms with Gasteiger partial charge in [0.25, 0.3) is 0 Å². The first-order valence-electron chi connectivity index (χ1n) is 10.3. The van der Waals surface area contributed by atoms with E-state index in [9.17, 15) is 14.7 Å². The van der Waals surface area contributed by atoms with Gasteiger partial charge >= 0.3 is 11.9 Å². The van der Waals surface area contributed by atoms with Gasteiger partial charge in [0.15, 0.2) is 11.5 Å². The van der Waals surface area contributed by atoms with Crippen LogP contribution in [0.1, 0.15) is 32.0 Å². The van der Waals surface area contributed by atoms with Crippen molar-refractivity contribution < 1.29 is 34.0 Å². The lowest BCUT2D eigenvalue weighted by Crippen LogP contribution is -2.09. The fraction of sp³-hybridized carbons (Fsp3) is 0.120. The highest BCUT2D eigenvalue weighted by molar-refractivity contribution is 6.31. The Morgan fingerprint density at radius 3 is 2.38 bits per heavy atom. The second-order valence-electron chi connectivity index (χ2n) is 7.73. The van der Waals surface area contributed by atoms with Crippen LogP contribution in [0.3, 0.4) is 0 Å². The highest BCUT2D eigenvalue weighted by Gasteiger charge is 2.20. The van der Waals surface area contributed by atoms with Crippen molar-refractivity contribution in [3.63, 3.8) is 0 Å². The Bertz CT molecular complexity index is 1430. The topological polar surface area (TPSA) is 107 Å². The van der Waals surface area contributed by atoms with E-state index in [2.05, 4.69) is 0 Å². The van der Waals surface area contributed by atoms with Crippen LogP contribution in [0.25, 0.3) is 10.9 Å². The third kappa shape index (κ3) is 4.11. The van der Waals surface area contributed by atoms with E-state index < -0.39 is 11.9 Å². The molecule has 0 unspecified atom stereocenters. The van der Waals surface area contributed by atoms with E-state index >= 15 is 0 Å². The molecule has 0 saturated carbocycles. The lowest BCUT2D eigenvalue weighted by molar-refractivity contribution is 0.0679. The van der Waals surface area contributed by atoms with E-state index in [-0.39, 0.29) is 31.2 Å². The average molecular weight is 480 g/mol. The molecule has 8 nitrogen and oxygen atoms in total. The third-order valence-electron chi connectivity index (χ3n) is 5.57. The molecular weight excluding hydrogens is 462 g/mol. The standard InChI is InChI=1S/C25H18ClNO7/c26-19-10-23-22(33-13-34-23)9-17(19)11-27-20-6-5-18(7-16(20)8-21(27)25(30)31)32-12-14-1-3-15(4-2-14)24(28)29/h1-10H,11-13H2,(H,28,29)(H,30,31). The van der Waals surface area contributed by atoms with Crippen molar-refractivity contribution in [1.29, 1.82) is 0 Å². The lowest BCUT2D eigenvalue weighted by atomic mass is 10.1. The molecule has 2 N–H and O–H groups in total. The van der Waals surface area contributed by atoms with Crippen molar-refractivity contribution in [2.45, 2.75) is 13.2 Å². The van der Waals surface area contributed by atoms with Crippen LogP contribution in [0.5, 0.6) is 17.2 Å². The van der Waals surface area contributed by atoms with Crippen LogP contribution in [-0.2, 0) is 13.2 Å². The number of carboxylic acid groups (broad SMARTS) is 2. The van der Waals surface area contributed by atoms with Gasteiger partial charge in [-0.05, 0) is 53.6 Å². The van der Waals surface area contributed by atoms with Crippen LogP contribution in [0.2, 0.25) is 5.02 Å². The summed E-state index contributed by atoms with van der Waals surface area (Å²) in [5.74, 6) is -0.360. The Labute approximate surface area is 198 Å². The first kappa shape index (κ1) is 21.7. The number of halogens is 1. The summed E-state index contributed by atoms with van der Waals surface area (Å²) in [7, 11) is 0. The molecule has 3 aromatic carbocycles. The van der Waals surface area contributed by atoms with Gasteiger partial charge in [0, 0.05) is 22.0 Å². The van der Waals surface area contributed by atoms with Crippen LogP contribution in [0.4, 0.5) is 0 Å². The number of rotatable bonds is 7. The SMILES string of the molecule is O=C(O)c1ccc(COc2ccc3c(c2)cc(C(=O)O)n3Cc2cc3c(cc2Cl)OCO3)cc1. The molecule has 0 atom stereocenters. The normalized spacial score (nSPS) is 12.1. The minimum absolute atomic E-state index is 0.116. The lowest BCUT2D eigenvalue weighted by Gasteiger charge is -2.12. The van der Waals surface area contributed by atoms with Gasteiger partial charge < -0.3 is 29.0 Å². The summed E-state index contributed by atoms with van der Waals surface area (Å²) in [6.45, 7) is 0.593. The zero-order valence-electron chi connectivity index (χ0n) is 17.7. The minimum atomic E-state index is -1.06. The van der Waals surface area contributed by atoms with Crippen molar-refractivity contribution in [3.8, 4) is 17.2 Å². The molecule has 4 aromatic rings. The highest BCUT2D eigenvalue weighted by atomic mass is 35.5. The molecule has 5 rings (SSSR count). The fourth-order valence-electron chi connectivity index (χ4n) is 3.85. The molecule has 0 saturated heterocycles. The molecule has 34 heavy (non-hydrogen) atoms. The van der Waals surface area contributed by atoms with Gasteiger partial charge in [-0.15, -0.1) is 0 Å². The molecule has 0 amide bonds. The number of carbonyl (C=O) groups is 2. The molecule has 0 fully saturated rings. The van der Waals surface area contributed by atoms with E-state index in [0.717, 1.165) is 5.56 Å².